The third-order valence-corrected chi connectivity index (χ3v) is 3.38. The van der Waals surface area contributed by atoms with Crippen molar-refractivity contribution in [3.8, 4) is 5.75 Å². The molecule has 0 saturated carbocycles. The van der Waals surface area contributed by atoms with Gasteiger partial charge in [0.05, 0.1) is 12.7 Å². The van der Waals surface area contributed by atoms with Gasteiger partial charge in [-0.2, -0.15) is 0 Å². The van der Waals surface area contributed by atoms with Crippen molar-refractivity contribution in [3.63, 3.8) is 0 Å². The van der Waals surface area contributed by atoms with Crippen LogP contribution in [0, 0.1) is 6.92 Å². The highest BCUT2D eigenvalue weighted by atomic mass is 79.9. The highest BCUT2D eigenvalue weighted by molar-refractivity contribution is 9.10. The quantitative estimate of drug-likeness (QED) is 0.942. The van der Waals surface area contributed by atoms with Crippen LogP contribution in [0.2, 0.25) is 0 Å². The highest BCUT2D eigenvalue weighted by Gasteiger charge is 2.12. The number of halogens is 1. The molecule has 0 unspecified atom stereocenters. The molecule has 4 nitrogen and oxygen atoms in total. The van der Waals surface area contributed by atoms with Crippen molar-refractivity contribution in [2.45, 2.75) is 6.92 Å². The van der Waals surface area contributed by atoms with Crippen LogP contribution in [0.1, 0.15) is 15.9 Å². The number of nitrogens with zero attached hydrogens (tertiary/aromatic N) is 1. The number of benzene rings is 1. The van der Waals surface area contributed by atoms with Crippen molar-refractivity contribution in [2.75, 3.05) is 12.4 Å². The molecule has 5 heteroatoms. The van der Waals surface area contributed by atoms with Gasteiger partial charge < -0.3 is 10.1 Å². The Bertz CT molecular complexity index is 614. The monoisotopic (exact) mass is 320 g/mol. The number of aryl methyl sites for hydroxylation is 1. The number of ether oxygens (including phenoxy) is 1. The fourth-order valence-corrected chi connectivity index (χ4v) is 2.04. The van der Waals surface area contributed by atoms with E-state index < -0.39 is 0 Å². The van der Waals surface area contributed by atoms with E-state index in [0.717, 1.165) is 15.7 Å². The zero-order valence-corrected chi connectivity index (χ0v) is 12.2. The van der Waals surface area contributed by atoms with Crippen LogP contribution in [-0.4, -0.2) is 18.0 Å². The van der Waals surface area contributed by atoms with Crippen LogP contribution in [0.5, 0.6) is 5.75 Å². The second-order valence-electron chi connectivity index (χ2n) is 3.99. The van der Waals surface area contributed by atoms with Crippen LogP contribution >= 0.6 is 15.9 Å². The molecule has 1 N–H and O–H groups in total. The van der Waals surface area contributed by atoms with Gasteiger partial charge in [-0.05, 0) is 52.7 Å². The molecule has 1 heterocycles. The molecule has 0 fully saturated rings. The fraction of sp³-hybridized carbons (Fsp3) is 0.143. The number of rotatable bonds is 3. The predicted molar refractivity (Wildman–Crippen MR) is 77.6 cm³/mol. The van der Waals surface area contributed by atoms with Gasteiger partial charge in [0, 0.05) is 22.6 Å². The summed E-state index contributed by atoms with van der Waals surface area (Å²) in [5.74, 6) is 0.444. The van der Waals surface area contributed by atoms with E-state index >= 15 is 0 Å². The minimum absolute atomic E-state index is 0.194. The molecule has 0 bridgehead atoms. The summed E-state index contributed by atoms with van der Waals surface area (Å²) in [7, 11) is 1.57. The summed E-state index contributed by atoms with van der Waals surface area (Å²) in [5, 5.41) is 2.85. The largest absolute Gasteiger partial charge is 0.497 e. The van der Waals surface area contributed by atoms with Crippen LogP contribution in [0.4, 0.5) is 5.69 Å². The van der Waals surface area contributed by atoms with E-state index in [0.29, 0.717) is 11.3 Å². The second kappa shape index (κ2) is 5.84. The van der Waals surface area contributed by atoms with Gasteiger partial charge >= 0.3 is 0 Å². The summed E-state index contributed by atoms with van der Waals surface area (Å²) in [5.41, 5.74) is 2.18. The van der Waals surface area contributed by atoms with Gasteiger partial charge in [0.25, 0.3) is 5.91 Å². The minimum atomic E-state index is -0.194. The molecule has 2 aromatic rings. The number of hydrogen-bond acceptors (Lipinski definition) is 3. The molecule has 0 atom stereocenters. The summed E-state index contributed by atoms with van der Waals surface area (Å²) >= 11 is 3.36. The van der Waals surface area contributed by atoms with Crippen molar-refractivity contribution in [2.24, 2.45) is 0 Å². The first-order chi connectivity index (χ1) is 9.11. The molecule has 0 aliphatic carbocycles. The van der Waals surface area contributed by atoms with Crippen LogP contribution in [0.3, 0.4) is 0 Å². The van der Waals surface area contributed by atoms with Gasteiger partial charge in [0.2, 0.25) is 0 Å². The summed E-state index contributed by atoms with van der Waals surface area (Å²) < 4.78 is 5.84. The van der Waals surface area contributed by atoms with Gasteiger partial charge in [0.15, 0.2) is 0 Å². The Kier molecular flexibility index (Phi) is 4.16. The summed E-state index contributed by atoms with van der Waals surface area (Å²) in [6.45, 7) is 1.89. The lowest BCUT2D eigenvalue weighted by Crippen LogP contribution is -2.13. The number of amides is 1. The minimum Gasteiger partial charge on any atom is -0.497 e. The van der Waals surface area contributed by atoms with Crippen molar-refractivity contribution in [3.05, 3.63) is 52.3 Å². The van der Waals surface area contributed by atoms with E-state index in [1.807, 2.05) is 6.92 Å². The second-order valence-corrected chi connectivity index (χ2v) is 4.84. The lowest BCUT2D eigenvalue weighted by atomic mass is 10.2. The Morgan fingerprint density at radius 3 is 2.84 bits per heavy atom. The Balaban J connectivity index is 2.28. The molecule has 1 aromatic carbocycles. The van der Waals surface area contributed by atoms with Gasteiger partial charge in [0.1, 0.15) is 5.75 Å². The zero-order valence-electron chi connectivity index (χ0n) is 10.6. The van der Waals surface area contributed by atoms with Gasteiger partial charge in [-0.15, -0.1) is 0 Å². The van der Waals surface area contributed by atoms with Crippen LogP contribution < -0.4 is 10.1 Å². The lowest BCUT2D eigenvalue weighted by molar-refractivity contribution is 0.102. The maximum Gasteiger partial charge on any atom is 0.256 e. The molecule has 2 rings (SSSR count). The molecule has 0 saturated heterocycles. The molecular weight excluding hydrogens is 308 g/mol. The van der Waals surface area contributed by atoms with Crippen LogP contribution in [0.15, 0.2) is 41.1 Å². The normalized spacial score (nSPS) is 10.1. The Morgan fingerprint density at radius 1 is 1.37 bits per heavy atom. The first kappa shape index (κ1) is 13.5. The molecule has 19 heavy (non-hydrogen) atoms. The zero-order chi connectivity index (χ0) is 13.8. The first-order valence-corrected chi connectivity index (χ1v) is 6.46. The van der Waals surface area contributed by atoms with E-state index in [-0.39, 0.29) is 5.91 Å². The maximum atomic E-state index is 12.2. The van der Waals surface area contributed by atoms with E-state index in [2.05, 4.69) is 26.2 Å². The fourth-order valence-electron chi connectivity index (χ4n) is 1.61. The predicted octanol–water partition coefficient (Wildman–Crippen LogP) is 3.41. The molecule has 0 aliphatic rings. The molecule has 98 valence electrons. The Labute approximate surface area is 119 Å². The SMILES string of the molecule is COc1ccc(Br)c(C(=O)Nc2ccncc2C)c1. The van der Waals surface area contributed by atoms with Crippen LogP contribution in [0.25, 0.3) is 0 Å². The number of hydrogen-bond donors (Lipinski definition) is 1. The number of pyridine rings is 1. The van der Waals surface area contributed by atoms with Crippen molar-refractivity contribution in [1.82, 2.24) is 4.98 Å². The number of aromatic nitrogens is 1. The first-order valence-electron chi connectivity index (χ1n) is 5.67. The number of anilines is 1. The molecule has 1 aromatic heterocycles. The Morgan fingerprint density at radius 2 is 2.16 bits per heavy atom. The van der Waals surface area contributed by atoms with Crippen molar-refractivity contribution in [1.29, 1.82) is 0 Å². The topological polar surface area (TPSA) is 51.2 Å². The van der Waals surface area contributed by atoms with E-state index in [1.165, 1.54) is 0 Å². The number of methoxy groups -OCH3 is 1. The van der Waals surface area contributed by atoms with Gasteiger partial charge in [-0.3, -0.25) is 9.78 Å². The van der Waals surface area contributed by atoms with Gasteiger partial charge in [-0.1, -0.05) is 0 Å². The number of nitrogens with one attached hydrogen (secondary N) is 1. The Hall–Kier alpha value is -1.88. The molecule has 0 aliphatic heterocycles. The molecule has 1 amide bonds. The number of carbonyl (C=O) groups excluding carboxylic acids is 1. The van der Waals surface area contributed by atoms with E-state index in [4.69, 9.17) is 4.74 Å². The van der Waals surface area contributed by atoms with E-state index in [1.54, 1.807) is 43.8 Å². The summed E-state index contributed by atoms with van der Waals surface area (Å²) in [4.78, 5) is 16.2. The van der Waals surface area contributed by atoms with Crippen molar-refractivity contribution < 1.29 is 9.53 Å². The summed E-state index contributed by atoms with van der Waals surface area (Å²) in [6, 6.07) is 7.03. The summed E-state index contributed by atoms with van der Waals surface area (Å²) in [6.07, 6.45) is 3.35. The molecule has 0 radical (unpaired) electrons. The van der Waals surface area contributed by atoms with Crippen LogP contribution in [-0.2, 0) is 0 Å². The molecule has 0 spiro atoms. The number of carbonyl (C=O) groups is 1. The average Bonchev–Trinajstić information content (AvgIpc) is 2.42. The highest BCUT2D eigenvalue weighted by Crippen LogP contribution is 2.24. The molecular formula is C14H13BrN2O2. The third-order valence-electron chi connectivity index (χ3n) is 2.69. The lowest BCUT2D eigenvalue weighted by Gasteiger charge is -2.10. The standard InChI is InChI=1S/C14H13BrN2O2/c1-9-8-16-6-5-13(9)17-14(18)11-7-10(19-2)3-4-12(11)15/h3-8H,1-2H3,(H,16,17,18). The maximum absolute atomic E-state index is 12.2. The third kappa shape index (κ3) is 3.12. The van der Waals surface area contributed by atoms with Crippen molar-refractivity contribution >= 4 is 27.5 Å². The average molecular weight is 321 g/mol. The van der Waals surface area contributed by atoms with E-state index in [9.17, 15) is 4.79 Å². The van der Waals surface area contributed by atoms with Gasteiger partial charge in [-0.25, -0.2) is 0 Å². The smallest absolute Gasteiger partial charge is 0.256 e.